The SMILES string of the molecule is CC(C)[C@@H](C)NC(=O)c1ccc(S(=O)(=O)NC2CC2)o1. The first-order valence-corrected chi connectivity index (χ1v) is 8.21. The smallest absolute Gasteiger partial charge is 0.287 e. The molecule has 0 spiro atoms. The summed E-state index contributed by atoms with van der Waals surface area (Å²) in [6, 6.07) is 2.67. The average molecular weight is 300 g/mol. The molecule has 7 heteroatoms. The number of sulfonamides is 1. The van der Waals surface area contributed by atoms with Crippen molar-refractivity contribution in [2.24, 2.45) is 5.92 Å². The Morgan fingerprint density at radius 2 is 1.95 bits per heavy atom. The predicted octanol–water partition coefficient (Wildman–Crippen LogP) is 1.49. The maximum absolute atomic E-state index is 11.9. The Hall–Kier alpha value is -1.34. The van der Waals surface area contributed by atoms with Crippen LogP contribution in [0.4, 0.5) is 0 Å². The van der Waals surface area contributed by atoms with Gasteiger partial charge in [0, 0.05) is 12.1 Å². The summed E-state index contributed by atoms with van der Waals surface area (Å²) in [4.78, 5) is 11.9. The molecular formula is C13H20N2O4S. The van der Waals surface area contributed by atoms with Crippen molar-refractivity contribution < 1.29 is 17.6 Å². The molecule has 0 bridgehead atoms. The zero-order chi connectivity index (χ0) is 14.9. The Kier molecular flexibility index (Phi) is 4.19. The molecule has 1 fully saturated rings. The van der Waals surface area contributed by atoms with Crippen LogP contribution in [-0.2, 0) is 10.0 Å². The lowest BCUT2D eigenvalue weighted by Crippen LogP contribution is -2.35. The third kappa shape index (κ3) is 3.61. The highest BCUT2D eigenvalue weighted by Gasteiger charge is 2.30. The van der Waals surface area contributed by atoms with E-state index in [-0.39, 0.29) is 28.9 Å². The zero-order valence-corrected chi connectivity index (χ0v) is 12.7. The van der Waals surface area contributed by atoms with Crippen LogP contribution in [0.3, 0.4) is 0 Å². The number of amides is 1. The molecule has 2 rings (SSSR count). The van der Waals surface area contributed by atoms with Crippen LogP contribution in [0.25, 0.3) is 0 Å². The minimum atomic E-state index is -3.65. The summed E-state index contributed by atoms with van der Waals surface area (Å²) in [6.07, 6.45) is 1.69. The number of rotatable bonds is 6. The lowest BCUT2D eigenvalue weighted by molar-refractivity contribution is 0.0897. The average Bonchev–Trinajstić information content (AvgIpc) is 2.99. The first kappa shape index (κ1) is 15.1. The quantitative estimate of drug-likeness (QED) is 0.833. The molecule has 0 saturated heterocycles. The second-order valence-electron chi connectivity index (χ2n) is 5.52. The van der Waals surface area contributed by atoms with Gasteiger partial charge < -0.3 is 9.73 Å². The number of furan rings is 1. The molecule has 1 saturated carbocycles. The van der Waals surface area contributed by atoms with Crippen molar-refractivity contribution in [1.82, 2.24) is 10.0 Å². The van der Waals surface area contributed by atoms with Crippen molar-refractivity contribution in [3.8, 4) is 0 Å². The molecule has 0 aliphatic heterocycles. The van der Waals surface area contributed by atoms with Gasteiger partial charge >= 0.3 is 0 Å². The van der Waals surface area contributed by atoms with E-state index in [1.54, 1.807) is 0 Å². The van der Waals surface area contributed by atoms with Crippen LogP contribution < -0.4 is 10.0 Å². The maximum Gasteiger partial charge on any atom is 0.287 e. The number of carbonyl (C=O) groups is 1. The molecule has 1 heterocycles. The van der Waals surface area contributed by atoms with Crippen molar-refractivity contribution in [3.05, 3.63) is 17.9 Å². The van der Waals surface area contributed by atoms with Gasteiger partial charge in [-0.25, -0.2) is 13.1 Å². The molecule has 0 aromatic carbocycles. The summed E-state index contributed by atoms with van der Waals surface area (Å²) < 4.78 is 31.5. The molecule has 2 N–H and O–H groups in total. The normalized spacial score (nSPS) is 17.2. The Labute approximate surface area is 119 Å². The Morgan fingerprint density at radius 3 is 2.50 bits per heavy atom. The van der Waals surface area contributed by atoms with E-state index in [2.05, 4.69) is 10.0 Å². The van der Waals surface area contributed by atoms with Crippen LogP contribution in [0.2, 0.25) is 0 Å². The van der Waals surface area contributed by atoms with Crippen molar-refractivity contribution in [2.75, 3.05) is 0 Å². The summed E-state index contributed by atoms with van der Waals surface area (Å²) in [5, 5.41) is 2.55. The van der Waals surface area contributed by atoms with Crippen LogP contribution in [0.15, 0.2) is 21.6 Å². The third-order valence-corrected chi connectivity index (χ3v) is 4.72. The van der Waals surface area contributed by atoms with Crippen LogP contribution in [0, 0.1) is 5.92 Å². The van der Waals surface area contributed by atoms with E-state index in [0.717, 1.165) is 12.8 Å². The van der Waals surface area contributed by atoms with E-state index >= 15 is 0 Å². The van der Waals surface area contributed by atoms with Crippen LogP contribution in [0.1, 0.15) is 44.2 Å². The van der Waals surface area contributed by atoms with Crippen LogP contribution in [-0.4, -0.2) is 26.4 Å². The fourth-order valence-corrected chi connectivity index (χ4v) is 2.75. The summed E-state index contributed by atoms with van der Waals surface area (Å²) in [5.74, 6) is -0.110. The van der Waals surface area contributed by atoms with E-state index in [9.17, 15) is 13.2 Å². The third-order valence-electron chi connectivity index (χ3n) is 3.33. The molecule has 1 aliphatic carbocycles. The molecule has 1 aliphatic rings. The van der Waals surface area contributed by atoms with Gasteiger partial charge in [-0.1, -0.05) is 13.8 Å². The number of hydrogen-bond acceptors (Lipinski definition) is 4. The lowest BCUT2D eigenvalue weighted by Gasteiger charge is -2.16. The highest BCUT2D eigenvalue weighted by Crippen LogP contribution is 2.23. The number of carbonyl (C=O) groups excluding carboxylic acids is 1. The number of nitrogens with one attached hydrogen (secondary N) is 2. The van der Waals surface area contributed by atoms with Crippen molar-refractivity contribution in [1.29, 1.82) is 0 Å². The van der Waals surface area contributed by atoms with Crippen molar-refractivity contribution >= 4 is 15.9 Å². The van der Waals surface area contributed by atoms with E-state index in [1.165, 1.54) is 12.1 Å². The van der Waals surface area contributed by atoms with Crippen molar-refractivity contribution in [3.63, 3.8) is 0 Å². The highest BCUT2D eigenvalue weighted by atomic mass is 32.2. The molecule has 112 valence electrons. The van der Waals surface area contributed by atoms with Gasteiger partial charge in [0.1, 0.15) is 0 Å². The standard InChI is InChI=1S/C13H20N2O4S/c1-8(2)9(3)14-13(16)11-6-7-12(19-11)20(17,18)15-10-4-5-10/h6-10,15H,4-5H2,1-3H3,(H,14,16)/t9-/m1/s1. The summed E-state index contributed by atoms with van der Waals surface area (Å²) in [6.45, 7) is 5.86. The van der Waals surface area contributed by atoms with Gasteiger partial charge in [-0.2, -0.15) is 0 Å². The fourth-order valence-electron chi connectivity index (χ4n) is 1.51. The Bertz CT molecular complexity index is 587. The van der Waals surface area contributed by atoms with Gasteiger partial charge in [-0.3, -0.25) is 4.79 Å². The highest BCUT2D eigenvalue weighted by molar-refractivity contribution is 7.89. The van der Waals surface area contributed by atoms with E-state index in [0.29, 0.717) is 0 Å². The monoisotopic (exact) mass is 300 g/mol. The number of hydrogen-bond donors (Lipinski definition) is 2. The molecule has 0 radical (unpaired) electrons. The summed E-state index contributed by atoms with van der Waals surface area (Å²) >= 11 is 0. The summed E-state index contributed by atoms with van der Waals surface area (Å²) in [5.41, 5.74) is 0. The second kappa shape index (κ2) is 5.57. The van der Waals surface area contributed by atoms with Crippen LogP contribution in [0.5, 0.6) is 0 Å². The molecule has 1 amide bonds. The molecule has 20 heavy (non-hydrogen) atoms. The first-order chi connectivity index (χ1) is 9.29. The van der Waals surface area contributed by atoms with Crippen LogP contribution >= 0.6 is 0 Å². The Balaban J connectivity index is 2.06. The minimum absolute atomic E-state index is 0.00309. The minimum Gasteiger partial charge on any atom is -0.438 e. The van der Waals surface area contributed by atoms with E-state index < -0.39 is 15.9 Å². The zero-order valence-electron chi connectivity index (χ0n) is 11.8. The maximum atomic E-state index is 11.9. The predicted molar refractivity (Wildman–Crippen MR) is 73.8 cm³/mol. The first-order valence-electron chi connectivity index (χ1n) is 6.72. The van der Waals surface area contributed by atoms with Gasteiger partial charge in [0.05, 0.1) is 0 Å². The van der Waals surface area contributed by atoms with Gasteiger partial charge in [-0.05, 0) is 37.8 Å². The van der Waals surface area contributed by atoms with Gasteiger partial charge in [-0.15, -0.1) is 0 Å². The van der Waals surface area contributed by atoms with Crippen molar-refractivity contribution in [2.45, 2.75) is 50.8 Å². The molecule has 6 nitrogen and oxygen atoms in total. The largest absolute Gasteiger partial charge is 0.438 e. The van der Waals surface area contributed by atoms with Gasteiger partial charge in [0.25, 0.3) is 15.9 Å². The van der Waals surface area contributed by atoms with Gasteiger partial charge in [0.2, 0.25) is 5.09 Å². The van der Waals surface area contributed by atoms with Gasteiger partial charge in [0.15, 0.2) is 5.76 Å². The Morgan fingerprint density at radius 1 is 1.30 bits per heavy atom. The molecule has 1 aromatic heterocycles. The fraction of sp³-hybridized carbons (Fsp3) is 0.615. The summed E-state index contributed by atoms with van der Waals surface area (Å²) in [7, 11) is -3.65. The van der Waals surface area contributed by atoms with E-state index in [1.807, 2.05) is 20.8 Å². The molecule has 1 aromatic rings. The lowest BCUT2D eigenvalue weighted by atomic mass is 10.1. The molecule has 0 unspecified atom stereocenters. The topological polar surface area (TPSA) is 88.4 Å². The molecular weight excluding hydrogens is 280 g/mol. The molecule has 1 atom stereocenters. The van der Waals surface area contributed by atoms with E-state index in [4.69, 9.17) is 4.42 Å². The second-order valence-corrected chi connectivity index (χ2v) is 7.17.